The molecule has 0 heterocycles. The maximum absolute atomic E-state index is 13.2. The van der Waals surface area contributed by atoms with Gasteiger partial charge in [-0.3, -0.25) is 0 Å². The highest BCUT2D eigenvalue weighted by Gasteiger charge is 2.42. The Kier molecular flexibility index (Phi) is 4.20. The van der Waals surface area contributed by atoms with Gasteiger partial charge < -0.3 is 5.73 Å². The molecule has 1 aliphatic carbocycles. The summed E-state index contributed by atoms with van der Waals surface area (Å²) in [5.41, 5.74) is 5.92. The van der Waals surface area contributed by atoms with Gasteiger partial charge in [-0.1, -0.05) is 6.07 Å². The predicted octanol–water partition coefficient (Wildman–Crippen LogP) is 1.46. The molecule has 0 unspecified atom stereocenters. The average Bonchev–Trinajstić information content (AvgIpc) is 3.17. The van der Waals surface area contributed by atoms with Gasteiger partial charge in [0.05, 0.1) is 4.90 Å². The van der Waals surface area contributed by atoms with E-state index in [1.54, 1.807) is 11.8 Å². The first kappa shape index (κ1) is 14.8. The maximum Gasteiger partial charge on any atom is 0.241 e. The number of hydrogen-bond acceptors (Lipinski definition) is 4. The van der Waals surface area contributed by atoms with Crippen LogP contribution in [0.4, 0.5) is 4.39 Å². The van der Waals surface area contributed by atoms with Crippen molar-refractivity contribution in [2.75, 3.05) is 12.8 Å². The maximum atomic E-state index is 13.2. The molecule has 3 N–H and O–H groups in total. The molecule has 4 nitrogen and oxygen atoms in total. The van der Waals surface area contributed by atoms with Gasteiger partial charge in [0.15, 0.2) is 0 Å². The van der Waals surface area contributed by atoms with Crippen LogP contribution in [0.2, 0.25) is 0 Å². The Balaban J connectivity index is 2.21. The minimum Gasteiger partial charge on any atom is -0.326 e. The van der Waals surface area contributed by atoms with Gasteiger partial charge in [0.25, 0.3) is 0 Å². The summed E-state index contributed by atoms with van der Waals surface area (Å²) in [6, 6.07) is 3.64. The number of thioether (sulfide) groups is 1. The highest BCUT2D eigenvalue weighted by molar-refractivity contribution is 8.00. The molecule has 0 aromatic heterocycles. The van der Waals surface area contributed by atoms with Crippen molar-refractivity contribution < 1.29 is 12.8 Å². The minimum atomic E-state index is -3.71. The fourth-order valence-electron chi connectivity index (χ4n) is 1.84. The van der Waals surface area contributed by atoms with E-state index >= 15 is 0 Å². The molecule has 1 aromatic rings. The Morgan fingerprint density at radius 1 is 1.47 bits per heavy atom. The second-order valence-electron chi connectivity index (χ2n) is 4.67. The summed E-state index contributed by atoms with van der Waals surface area (Å²) in [4.78, 5) is -0.0631. The van der Waals surface area contributed by atoms with Crippen molar-refractivity contribution in [3.05, 3.63) is 29.6 Å². The van der Waals surface area contributed by atoms with Crippen molar-refractivity contribution in [1.29, 1.82) is 0 Å². The molecule has 0 atom stereocenters. The number of hydrogen-bond donors (Lipinski definition) is 2. The predicted molar refractivity (Wildman–Crippen MR) is 75.0 cm³/mol. The Morgan fingerprint density at radius 2 is 2.16 bits per heavy atom. The molecule has 1 aromatic carbocycles. The summed E-state index contributed by atoms with van der Waals surface area (Å²) in [5.74, 6) is -0.580. The number of rotatable bonds is 6. The zero-order chi connectivity index (χ0) is 14.1. The minimum absolute atomic E-state index is 0.0171. The van der Waals surface area contributed by atoms with Gasteiger partial charge in [0, 0.05) is 17.8 Å². The van der Waals surface area contributed by atoms with Crippen molar-refractivity contribution >= 4 is 21.8 Å². The first-order chi connectivity index (χ1) is 8.92. The third-order valence-corrected chi connectivity index (χ3v) is 6.27. The molecule has 0 saturated heterocycles. The molecule has 19 heavy (non-hydrogen) atoms. The number of nitrogens with one attached hydrogen (secondary N) is 1. The molecule has 0 aliphatic heterocycles. The van der Waals surface area contributed by atoms with Crippen LogP contribution >= 0.6 is 11.8 Å². The molecule has 1 aliphatic rings. The smallest absolute Gasteiger partial charge is 0.241 e. The monoisotopic (exact) mass is 304 g/mol. The quantitative estimate of drug-likeness (QED) is 0.834. The van der Waals surface area contributed by atoms with Crippen LogP contribution in [-0.4, -0.2) is 26.0 Å². The van der Waals surface area contributed by atoms with Crippen molar-refractivity contribution in [3.63, 3.8) is 0 Å². The second-order valence-corrected chi connectivity index (χ2v) is 7.68. The van der Waals surface area contributed by atoms with Crippen molar-refractivity contribution in [2.24, 2.45) is 5.73 Å². The number of benzene rings is 1. The van der Waals surface area contributed by atoms with E-state index in [0.717, 1.165) is 18.9 Å². The lowest BCUT2D eigenvalue weighted by molar-refractivity contribution is 0.574. The van der Waals surface area contributed by atoms with E-state index in [1.165, 1.54) is 12.1 Å². The van der Waals surface area contributed by atoms with Crippen molar-refractivity contribution in [3.8, 4) is 0 Å². The van der Waals surface area contributed by atoms with E-state index in [4.69, 9.17) is 5.73 Å². The largest absolute Gasteiger partial charge is 0.326 e. The van der Waals surface area contributed by atoms with Crippen LogP contribution in [0.15, 0.2) is 23.1 Å². The summed E-state index contributed by atoms with van der Waals surface area (Å²) >= 11 is 1.66. The van der Waals surface area contributed by atoms with Crippen LogP contribution in [0, 0.1) is 5.82 Å². The third-order valence-electron chi connectivity index (χ3n) is 3.36. The summed E-state index contributed by atoms with van der Waals surface area (Å²) < 4.78 is 40.2. The van der Waals surface area contributed by atoms with Gasteiger partial charge in [0.1, 0.15) is 5.82 Å². The fourth-order valence-corrected chi connectivity index (χ4v) is 4.05. The summed E-state index contributed by atoms with van der Waals surface area (Å²) in [6.45, 7) is 0.432. The lowest BCUT2D eigenvalue weighted by Crippen LogP contribution is -2.32. The zero-order valence-electron chi connectivity index (χ0n) is 10.6. The summed E-state index contributed by atoms with van der Waals surface area (Å²) in [5, 5.41) is 0. The van der Waals surface area contributed by atoms with Gasteiger partial charge in [-0.25, -0.2) is 17.5 Å². The zero-order valence-corrected chi connectivity index (χ0v) is 12.3. The molecule has 2 rings (SSSR count). The molecule has 1 saturated carbocycles. The van der Waals surface area contributed by atoms with Crippen LogP contribution in [0.25, 0.3) is 0 Å². The molecular weight excluding hydrogens is 287 g/mol. The first-order valence-corrected chi connectivity index (χ1v) is 8.66. The van der Waals surface area contributed by atoms with E-state index < -0.39 is 15.8 Å². The third kappa shape index (κ3) is 3.28. The number of sulfonamides is 1. The standard InChI is InChI=1S/C12H17FN2O2S2/c1-18-12(4-5-12)8-15-19(16,17)11-6-10(13)3-2-9(11)7-14/h2-3,6,15H,4-5,7-8,14H2,1H3. The Morgan fingerprint density at radius 3 is 2.68 bits per heavy atom. The Hall–Kier alpha value is -0.630. The Labute approximate surface area is 117 Å². The van der Waals surface area contributed by atoms with Gasteiger partial charge in [-0.15, -0.1) is 0 Å². The lowest BCUT2D eigenvalue weighted by atomic mass is 10.2. The van der Waals surface area contributed by atoms with Crippen molar-refractivity contribution in [2.45, 2.75) is 29.0 Å². The normalized spacial score (nSPS) is 17.4. The van der Waals surface area contributed by atoms with E-state index in [-0.39, 0.29) is 16.2 Å². The fraction of sp³-hybridized carbons (Fsp3) is 0.500. The number of halogens is 1. The van der Waals surface area contributed by atoms with Crippen LogP contribution in [0.3, 0.4) is 0 Å². The molecule has 0 bridgehead atoms. The first-order valence-electron chi connectivity index (χ1n) is 5.96. The van der Waals surface area contributed by atoms with E-state index in [2.05, 4.69) is 4.72 Å². The lowest BCUT2D eigenvalue weighted by Gasteiger charge is -2.15. The van der Waals surface area contributed by atoms with Gasteiger partial charge in [0.2, 0.25) is 10.0 Å². The SMILES string of the molecule is CSC1(CNS(=O)(=O)c2cc(F)ccc2CN)CC1. The van der Waals surface area contributed by atoms with E-state index in [0.29, 0.717) is 12.1 Å². The van der Waals surface area contributed by atoms with Crippen LogP contribution in [-0.2, 0) is 16.6 Å². The molecule has 0 radical (unpaired) electrons. The van der Waals surface area contributed by atoms with Gasteiger partial charge >= 0.3 is 0 Å². The van der Waals surface area contributed by atoms with E-state index in [9.17, 15) is 12.8 Å². The van der Waals surface area contributed by atoms with Gasteiger partial charge in [-0.05, 0) is 36.8 Å². The molecule has 0 spiro atoms. The summed E-state index contributed by atoms with van der Waals surface area (Å²) in [7, 11) is -3.71. The average molecular weight is 304 g/mol. The summed E-state index contributed by atoms with van der Waals surface area (Å²) in [6.07, 6.45) is 3.97. The topological polar surface area (TPSA) is 72.2 Å². The second kappa shape index (κ2) is 5.40. The molecule has 1 fully saturated rings. The van der Waals surface area contributed by atoms with Gasteiger partial charge in [-0.2, -0.15) is 11.8 Å². The molecular formula is C12H17FN2O2S2. The highest BCUT2D eigenvalue weighted by Crippen LogP contribution is 2.46. The van der Waals surface area contributed by atoms with Crippen molar-refractivity contribution in [1.82, 2.24) is 4.72 Å². The Bertz CT molecular complexity index is 571. The van der Waals surface area contributed by atoms with Crippen LogP contribution in [0.5, 0.6) is 0 Å². The highest BCUT2D eigenvalue weighted by atomic mass is 32.2. The molecule has 106 valence electrons. The number of nitrogens with two attached hydrogens (primary N) is 1. The van der Waals surface area contributed by atoms with Crippen LogP contribution in [0.1, 0.15) is 18.4 Å². The van der Waals surface area contributed by atoms with E-state index in [1.807, 2.05) is 6.26 Å². The molecule has 0 amide bonds. The molecule has 7 heteroatoms. The van der Waals surface area contributed by atoms with Crippen LogP contribution < -0.4 is 10.5 Å².